The molecule has 0 amide bonds. The average Bonchev–Trinajstić information content (AvgIpc) is 2.53. The standard InChI is InChI=1S/C16H17NO2S/c1-19-16(18)13-5-7-14(8-6-13)17-11-12-3-9-15(20-2)10-4-12/h3-10,17H,11H2,1-2H3. The van der Waals surface area contributed by atoms with Crippen molar-refractivity contribution in [1.29, 1.82) is 0 Å². The summed E-state index contributed by atoms with van der Waals surface area (Å²) in [7, 11) is 1.38. The van der Waals surface area contributed by atoms with E-state index in [0.29, 0.717) is 5.56 Å². The van der Waals surface area contributed by atoms with Crippen molar-refractivity contribution in [2.75, 3.05) is 18.7 Å². The van der Waals surface area contributed by atoms with Gasteiger partial charge in [0.05, 0.1) is 12.7 Å². The maximum absolute atomic E-state index is 11.3. The lowest BCUT2D eigenvalue weighted by Gasteiger charge is -2.08. The predicted molar refractivity (Wildman–Crippen MR) is 83.3 cm³/mol. The van der Waals surface area contributed by atoms with Crippen molar-refractivity contribution in [3.05, 3.63) is 59.7 Å². The van der Waals surface area contributed by atoms with Crippen LogP contribution in [0.25, 0.3) is 0 Å². The van der Waals surface area contributed by atoms with Crippen molar-refractivity contribution < 1.29 is 9.53 Å². The number of esters is 1. The van der Waals surface area contributed by atoms with Crippen molar-refractivity contribution >= 4 is 23.4 Å². The van der Waals surface area contributed by atoms with E-state index in [1.807, 2.05) is 12.1 Å². The lowest BCUT2D eigenvalue weighted by atomic mass is 10.2. The molecule has 0 aliphatic carbocycles. The number of thioether (sulfide) groups is 1. The van der Waals surface area contributed by atoms with E-state index in [1.165, 1.54) is 17.6 Å². The van der Waals surface area contributed by atoms with Gasteiger partial charge in [-0.2, -0.15) is 0 Å². The Balaban J connectivity index is 1.94. The van der Waals surface area contributed by atoms with Crippen LogP contribution in [0.4, 0.5) is 5.69 Å². The summed E-state index contributed by atoms with van der Waals surface area (Å²) in [6.45, 7) is 0.756. The topological polar surface area (TPSA) is 38.3 Å². The average molecular weight is 287 g/mol. The van der Waals surface area contributed by atoms with E-state index in [9.17, 15) is 4.79 Å². The number of hydrogen-bond donors (Lipinski definition) is 1. The Hall–Kier alpha value is -1.94. The zero-order chi connectivity index (χ0) is 14.4. The molecule has 2 aromatic carbocycles. The predicted octanol–water partition coefficient (Wildman–Crippen LogP) is 3.81. The molecular weight excluding hydrogens is 270 g/mol. The molecule has 0 bridgehead atoms. The highest BCUT2D eigenvalue weighted by Gasteiger charge is 2.03. The van der Waals surface area contributed by atoms with Crippen molar-refractivity contribution in [3.63, 3.8) is 0 Å². The highest BCUT2D eigenvalue weighted by molar-refractivity contribution is 7.98. The summed E-state index contributed by atoms with van der Waals surface area (Å²) in [6.07, 6.45) is 2.07. The molecular formula is C16H17NO2S. The van der Waals surface area contributed by atoms with Crippen LogP contribution in [0.2, 0.25) is 0 Å². The van der Waals surface area contributed by atoms with E-state index in [1.54, 1.807) is 23.9 Å². The fraction of sp³-hybridized carbons (Fsp3) is 0.188. The highest BCUT2D eigenvalue weighted by atomic mass is 32.2. The molecule has 0 unspecified atom stereocenters. The fourth-order valence-corrected chi connectivity index (χ4v) is 2.20. The Morgan fingerprint density at radius 2 is 1.75 bits per heavy atom. The van der Waals surface area contributed by atoms with E-state index < -0.39 is 0 Å². The minimum Gasteiger partial charge on any atom is -0.465 e. The van der Waals surface area contributed by atoms with Gasteiger partial charge in [0.15, 0.2) is 0 Å². The summed E-state index contributed by atoms with van der Waals surface area (Å²) in [5, 5.41) is 3.32. The van der Waals surface area contributed by atoms with Gasteiger partial charge in [0.25, 0.3) is 0 Å². The van der Waals surface area contributed by atoms with Crippen LogP contribution in [-0.2, 0) is 11.3 Å². The summed E-state index contributed by atoms with van der Waals surface area (Å²) < 4.78 is 4.67. The second-order valence-electron chi connectivity index (χ2n) is 4.27. The molecule has 20 heavy (non-hydrogen) atoms. The summed E-state index contributed by atoms with van der Waals surface area (Å²) in [5.74, 6) is -0.316. The first-order valence-corrected chi connectivity index (χ1v) is 7.50. The lowest BCUT2D eigenvalue weighted by Crippen LogP contribution is -2.02. The van der Waals surface area contributed by atoms with Crippen molar-refractivity contribution in [1.82, 2.24) is 0 Å². The van der Waals surface area contributed by atoms with Gasteiger partial charge in [-0.25, -0.2) is 4.79 Å². The largest absolute Gasteiger partial charge is 0.465 e. The van der Waals surface area contributed by atoms with Crippen LogP contribution >= 0.6 is 11.8 Å². The van der Waals surface area contributed by atoms with Crippen LogP contribution < -0.4 is 5.32 Å². The maximum Gasteiger partial charge on any atom is 0.337 e. The number of rotatable bonds is 5. The minimum absolute atomic E-state index is 0.316. The number of benzene rings is 2. The number of nitrogens with one attached hydrogen (secondary N) is 1. The molecule has 0 heterocycles. The quantitative estimate of drug-likeness (QED) is 0.670. The third kappa shape index (κ3) is 3.78. The molecule has 0 aliphatic heterocycles. The van der Waals surface area contributed by atoms with Gasteiger partial charge in [0, 0.05) is 17.1 Å². The zero-order valence-corrected chi connectivity index (χ0v) is 12.4. The van der Waals surface area contributed by atoms with Gasteiger partial charge in [-0.1, -0.05) is 12.1 Å². The number of methoxy groups -OCH3 is 1. The molecule has 0 spiro atoms. The Morgan fingerprint density at radius 3 is 2.30 bits per heavy atom. The van der Waals surface area contributed by atoms with Crippen molar-refractivity contribution in [2.45, 2.75) is 11.4 Å². The molecule has 0 aliphatic rings. The van der Waals surface area contributed by atoms with Crippen LogP contribution in [0.3, 0.4) is 0 Å². The lowest BCUT2D eigenvalue weighted by molar-refractivity contribution is 0.0601. The van der Waals surface area contributed by atoms with Gasteiger partial charge in [-0.3, -0.25) is 0 Å². The molecule has 104 valence electrons. The fourth-order valence-electron chi connectivity index (χ4n) is 1.79. The van der Waals surface area contributed by atoms with Crippen molar-refractivity contribution in [2.24, 2.45) is 0 Å². The first kappa shape index (κ1) is 14.5. The molecule has 0 fully saturated rings. The van der Waals surface area contributed by atoms with E-state index in [0.717, 1.165) is 12.2 Å². The van der Waals surface area contributed by atoms with Crippen LogP contribution in [0.5, 0.6) is 0 Å². The summed E-state index contributed by atoms with van der Waals surface area (Å²) in [6, 6.07) is 15.7. The van der Waals surface area contributed by atoms with Gasteiger partial charge >= 0.3 is 5.97 Å². The molecule has 4 heteroatoms. The maximum atomic E-state index is 11.3. The van der Waals surface area contributed by atoms with Gasteiger partial charge < -0.3 is 10.1 Å². The first-order chi connectivity index (χ1) is 9.72. The molecule has 3 nitrogen and oxygen atoms in total. The first-order valence-electron chi connectivity index (χ1n) is 6.28. The van der Waals surface area contributed by atoms with Crippen molar-refractivity contribution in [3.8, 4) is 0 Å². The summed E-state index contributed by atoms with van der Waals surface area (Å²) in [5.41, 5.74) is 2.76. The second kappa shape index (κ2) is 7.01. The molecule has 0 aromatic heterocycles. The molecule has 0 saturated heterocycles. The second-order valence-corrected chi connectivity index (χ2v) is 5.15. The highest BCUT2D eigenvalue weighted by Crippen LogP contribution is 2.16. The number of anilines is 1. The molecule has 2 aromatic rings. The molecule has 1 N–H and O–H groups in total. The molecule has 2 rings (SSSR count). The SMILES string of the molecule is COC(=O)c1ccc(NCc2ccc(SC)cc2)cc1. The van der Waals surface area contributed by atoms with Crippen LogP contribution in [0.15, 0.2) is 53.4 Å². The zero-order valence-electron chi connectivity index (χ0n) is 11.6. The van der Waals surface area contributed by atoms with Crippen LogP contribution in [-0.4, -0.2) is 19.3 Å². The third-order valence-corrected chi connectivity index (χ3v) is 3.71. The minimum atomic E-state index is -0.316. The number of carbonyl (C=O) groups excluding carboxylic acids is 1. The summed E-state index contributed by atoms with van der Waals surface area (Å²) >= 11 is 1.73. The van der Waals surface area contributed by atoms with E-state index in [4.69, 9.17) is 0 Å². The van der Waals surface area contributed by atoms with Gasteiger partial charge in [0.2, 0.25) is 0 Å². The number of ether oxygens (including phenoxy) is 1. The monoisotopic (exact) mass is 287 g/mol. The third-order valence-electron chi connectivity index (χ3n) is 2.96. The number of hydrogen-bond acceptors (Lipinski definition) is 4. The molecule has 0 saturated carbocycles. The Morgan fingerprint density at radius 1 is 1.10 bits per heavy atom. The van der Waals surface area contributed by atoms with Crippen LogP contribution in [0.1, 0.15) is 15.9 Å². The van der Waals surface area contributed by atoms with E-state index >= 15 is 0 Å². The van der Waals surface area contributed by atoms with Gasteiger partial charge in [-0.05, 0) is 48.2 Å². The smallest absolute Gasteiger partial charge is 0.337 e. The van der Waals surface area contributed by atoms with Crippen LogP contribution in [0, 0.1) is 0 Å². The van der Waals surface area contributed by atoms with Gasteiger partial charge in [0.1, 0.15) is 0 Å². The Bertz CT molecular complexity index is 564. The van der Waals surface area contributed by atoms with E-state index in [2.05, 4.69) is 40.6 Å². The Kier molecular flexibility index (Phi) is 5.07. The molecule has 0 atom stereocenters. The van der Waals surface area contributed by atoms with Gasteiger partial charge in [-0.15, -0.1) is 11.8 Å². The number of carbonyl (C=O) groups is 1. The van der Waals surface area contributed by atoms with E-state index in [-0.39, 0.29) is 5.97 Å². The normalized spacial score (nSPS) is 10.1. The molecule has 0 radical (unpaired) electrons. The summed E-state index contributed by atoms with van der Waals surface area (Å²) in [4.78, 5) is 12.6. The Labute approximate surface area is 123 Å².